The summed E-state index contributed by atoms with van der Waals surface area (Å²) in [5.74, 6) is -0.570. The van der Waals surface area contributed by atoms with Gasteiger partial charge in [0.1, 0.15) is 6.07 Å². The molecule has 1 aliphatic heterocycles. The van der Waals surface area contributed by atoms with Crippen molar-refractivity contribution in [2.75, 3.05) is 7.11 Å². The molecule has 0 amide bonds. The third-order valence-electron chi connectivity index (χ3n) is 3.75. The van der Waals surface area contributed by atoms with Crippen LogP contribution in [0.4, 0.5) is 0 Å². The summed E-state index contributed by atoms with van der Waals surface area (Å²) in [5.41, 5.74) is -1.49. The lowest BCUT2D eigenvalue weighted by Crippen LogP contribution is -2.31. The molecule has 2 atom stereocenters. The lowest BCUT2D eigenvalue weighted by Gasteiger charge is -2.14. The van der Waals surface area contributed by atoms with Gasteiger partial charge < -0.3 is 9.47 Å². The summed E-state index contributed by atoms with van der Waals surface area (Å²) in [5, 5.41) is 9.67. The van der Waals surface area contributed by atoms with Gasteiger partial charge in [0.15, 0.2) is 0 Å². The number of epoxide rings is 1. The Hall–Kier alpha value is -2.64. The fourth-order valence-corrected chi connectivity index (χ4v) is 2.69. The maximum absolute atomic E-state index is 12.3. The van der Waals surface area contributed by atoms with Crippen molar-refractivity contribution in [3.63, 3.8) is 0 Å². The molecule has 21 heavy (non-hydrogen) atoms. The molecule has 0 N–H and O–H groups in total. The Morgan fingerprint density at radius 2 is 1.57 bits per heavy atom. The number of esters is 1. The van der Waals surface area contributed by atoms with Gasteiger partial charge in [0.05, 0.1) is 7.11 Å². The van der Waals surface area contributed by atoms with Crippen molar-refractivity contribution in [2.45, 2.75) is 11.2 Å². The SMILES string of the molecule is COC(=O)[C@]1(c2ccccc2)O[C@]1(C#N)c1ccccc1. The second kappa shape index (κ2) is 4.72. The first-order chi connectivity index (χ1) is 10.2. The van der Waals surface area contributed by atoms with Crippen molar-refractivity contribution in [2.24, 2.45) is 0 Å². The standard InChI is InChI=1S/C17H13NO3/c1-20-15(19)17(14-10-6-3-7-11-14)16(12-18,21-17)13-8-4-2-5-9-13/h2-11H,1H3/t16-,17+/m1/s1. The van der Waals surface area contributed by atoms with E-state index >= 15 is 0 Å². The van der Waals surface area contributed by atoms with Crippen molar-refractivity contribution in [1.82, 2.24) is 0 Å². The summed E-state index contributed by atoms with van der Waals surface area (Å²) in [4.78, 5) is 12.3. The van der Waals surface area contributed by atoms with Crippen molar-refractivity contribution >= 4 is 5.97 Å². The molecule has 3 rings (SSSR count). The Labute approximate surface area is 122 Å². The minimum absolute atomic E-state index is 0.570. The highest BCUT2D eigenvalue weighted by Gasteiger charge is 2.78. The number of carbonyl (C=O) groups is 1. The van der Waals surface area contributed by atoms with Gasteiger partial charge in [0, 0.05) is 5.56 Å². The van der Waals surface area contributed by atoms with E-state index in [-0.39, 0.29) is 0 Å². The van der Waals surface area contributed by atoms with Gasteiger partial charge in [0.2, 0.25) is 11.2 Å². The first-order valence-electron chi connectivity index (χ1n) is 6.52. The maximum Gasteiger partial charge on any atom is 0.347 e. The number of nitriles is 1. The summed E-state index contributed by atoms with van der Waals surface area (Å²) >= 11 is 0. The molecule has 0 saturated carbocycles. The van der Waals surface area contributed by atoms with Crippen LogP contribution >= 0.6 is 0 Å². The van der Waals surface area contributed by atoms with E-state index in [0.29, 0.717) is 11.1 Å². The molecule has 1 fully saturated rings. The second-order valence-electron chi connectivity index (χ2n) is 4.80. The highest BCUT2D eigenvalue weighted by Crippen LogP contribution is 2.62. The first-order valence-corrected chi connectivity index (χ1v) is 6.52. The van der Waals surface area contributed by atoms with E-state index in [4.69, 9.17) is 9.47 Å². The Balaban J connectivity index is 2.18. The minimum Gasteiger partial charge on any atom is -0.466 e. The minimum atomic E-state index is -1.40. The predicted octanol–water partition coefficient (Wildman–Crippen LogP) is 2.50. The lowest BCUT2D eigenvalue weighted by atomic mass is 9.82. The molecule has 1 heterocycles. The molecule has 2 aromatic rings. The molecule has 0 aliphatic carbocycles. The van der Waals surface area contributed by atoms with E-state index in [9.17, 15) is 10.1 Å². The average molecular weight is 279 g/mol. The summed E-state index contributed by atoms with van der Waals surface area (Å²) in [6.45, 7) is 0. The summed E-state index contributed by atoms with van der Waals surface area (Å²) in [7, 11) is 1.29. The Kier molecular flexibility index (Phi) is 3.00. The topological polar surface area (TPSA) is 62.6 Å². The zero-order valence-corrected chi connectivity index (χ0v) is 11.4. The molecule has 4 heteroatoms. The van der Waals surface area contributed by atoms with Gasteiger partial charge in [-0.05, 0) is 5.56 Å². The monoisotopic (exact) mass is 279 g/mol. The normalized spacial score (nSPS) is 26.7. The molecule has 0 radical (unpaired) electrons. The van der Waals surface area contributed by atoms with Gasteiger partial charge in [-0.3, -0.25) is 0 Å². The van der Waals surface area contributed by atoms with Crippen LogP contribution in [-0.2, 0) is 25.5 Å². The average Bonchev–Trinajstić information content (AvgIpc) is 3.27. The molecule has 0 aromatic heterocycles. The summed E-state index contributed by atoms with van der Waals surface area (Å²) in [6, 6.07) is 20.1. The highest BCUT2D eigenvalue weighted by atomic mass is 16.7. The van der Waals surface area contributed by atoms with Crippen molar-refractivity contribution in [1.29, 1.82) is 5.26 Å². The number of methoxy groups -OCH3 is 1. The van der Waals surface area contributed by atoms with Gasteiger partial charge in [0.25, 0.3) is 0 Å². The third-order valence-corrected chi connectivity index (χ3v) is 3.75. The number of carbonyl (C=O) groups excluding carboxylic acids is 1. The van der Waals surface area contributed by atoms with E-state index in [1.54, 1.807) is 36.4 Å². The smallest absolute Gasteiger partial charge is 0.347 e. The zero-order chi connectivity index (χ0) is 14.9. The number of rotatable bonds is 3. The highest BCUT2D eigenvalue weighted by molar-refractivity contribution is 5.88. The van der Waals surface area contributed by atoms with Gasteiger partial charge in [-0.15, -0.1) is 0 Å². The number of benzene rings is 2. The second-order valence-corrected chi connectivity index (χ2v) is 4.80. The van der Waals surface area contributed by atoms with E-state index < -0.39 is 17.2 Å². The lowest BCUT2D eigenvalue weighted by molar-refractivity contribution is -0.147. The molecule has 0 unspecified atom stereocenters. The first kappa shape index (κ1) is 13.3. The molecule has 1 saturated heterocycles. The number of nitrogens with zero attached hydrogens (tertiary/aromatic N) is 1. The molecular formula is C17H13NO3. The van der Waals surface area contributed by atoms with E-state index in [0.717, 1.165) is 0 Å². The molecule has 4 nitrogen and oxygen atoms in total. The molecule has 0 bridgehead atoms. The quantitative estimate of drug-likeness (QED) is 0.639. The van der Waals surface area contributed by atoms with Crippen LogP contribution in [0.2, 0.25) is 0 Å². The summed E-state index contributed by atoms with van der Waals surface area (Å²) in [6.07, 6.45) is 0. The number of hydrogen-bond acceptors (Lipinski definition) is 4. The fourth-order valence-electron chi connectivity index (χ4n) is 2.69. The maximum atomic E-state index is 12.3. The molecule has 104 valence electrons. The third kappa shape index (κ3) is 1.68. The van der Waals surface area contributed by atoms with Gasteiger partial charge in [-0.1, -0.05) is 60.7 Å². The van der Waals surface area contributed by atoms with E-state index in [1.807, 2.05) is 24.3 Å². The Bertz CT molecular complexity index is 708. The van der Waals surface area contributed by atoms with Crippen molar-refractivity contribution < 1.29 is 14.3 Å². The van der Waals surface area contributed by atoms with Gasteiger partial charge in [-0.25, -0.2) is 4.79 Å². The molecule has 1 aliphatic rings. The van der Waals surface area contributed by atoms with Crippen molar-refractivity contribution in [3.05, 3.63) is 71.8 Å². The van der Waals surface area contributed by atoms with Crippen molar-refractivity contribution in [3.8, 4) is 6.07 Å². The predicted molar refractivity (Wildman–Crippen MR) is 75.0 cm³/mol. The van der Waals surface area contributed by atoms with Crippen LogP contribution in [0.3, 0.4) is 0 Å². The molecular weight excluding hydrogens is 266 g/mol. The van der Waals surface area contributed by atoms with Crippen LogP contribution in [0, 0.1) is 11.3 Å². The van der Waals surface area contributed by atoms with Crippen LogP contribution in [0.5, 0.6) is 0 Å². The number of ether oxygens (including phenoxy) is 2. The number of hydrogen-bond donors (Lipinski definition) is 0. The van der Waals surface area contributed by atoms with E-state index in [1.165, 1.54) is 7.11 Å². The van der Waals surface area contributed by atoms with Gasteiger partial charge in [-0.2, -0.15) is 5.26 Å². The van der Waals surface area contributed by atoms with Crippen LogP contribution in [0.15, 0.2) is 60.7 Å². The Morgan fingerprint density at radius 3 is 2.05 bits per heavy atom. The Morgan fingerprint density at radius 1 is 1.05 bits per heavy atom. The van der Waals surface area contributed by atoms with Crippen LogP contribution in [0.25, 0.3) is 0 Å². The fraction of sp³-hybridized carbons (Fsp3) is 0.176. The van der Waals surface area contributed by atoms with Crippen LogP contribution in [-0.4, -0.2) is 13.1 Å². The van der Waals surface area contributed by atoms with E-state index in [2.05, 4.69) is 6.07 Å². The zero-order valence-electron chi connectivity index (χ0n) is 11.4. The van der Waals surface area contributed by atoms with Gasteiger partial charge >= 0.3 is 5.97 Å². The largest absolute Gasteiger partial charge is 0.466 e. The van der Waals surface area contributed by atoms with Crippen LogP contribution in [0.1, 0.15) is 11.1 Å². The molecule has 2 aromatic carbocycles. The van der Waals surface area contributed by atoms with Crippen LogP contribution < -0.4 is 0 Å². The summed E-state index contributed by atoms with van der Waals surface area (Å²) < 4.78 is 10.6. The molecule has 0 spiro atoms.